The lowest BCUT2D eigenvalue weighted by atomic mass is 10.0. The minimum atomic E-state index is -0.366. The van der Waals surface area contributed by atoms with Crippen LogP contribution in [-0.4, -0.2) is 24.6 Å². The molecule has 2 N–H and O–H groups in total. The molecule has 0 aromatic heterocycles. The van der Waals surface area contributed by atoms with Gasteiger partial charge in [-0.2, -0.15) is 0 Å². The lowest BCUT2D eigenvalue weighted by Gasteiger charge is -2.14. The second-order valence-corrected chi connectivity index (χ2v) is 8.42. The maximum absolute atomic E-state index is 13.1. The smallest absolute Gasteiger partial charge is 0.251 e. The van der Waals surface area contributed by atoms with Crippen LogP contribution in [-0.2, 0) is 16.0 Å². The van der Waals surface area contributed by atoms with Crippen molar-refractivity contribution in [2.45, 2.75) is 57.4 Å². The Morgan fingerprint density at radius 1 is 1.00 bits per heavy atom. The van der Waals surface area contributed by atoms with Crippen LogP contribution in [0.4, 0.5) is 4.39 Å². The average Bonchev–Trinajstić information content (AvgIpc) is 3.21. The maximum atomic E-state index is 13.1. The highest BCUT2D eigenvalue weighted by Crippen LogP contribution is 2.32. The first-order chi connectivity index (χ1) is 16.0. The predicted molar refractivity (Wildman–Crippen MR) is 127 cm³/mol. The number of hydrogen-bond donors (Lipinski definition) is 2. The molecule has 0 heterocycles. The molecule has 0 aliphatic heterocycles. The largest absolute Gasteiger partial charge is 0.359 e. The van der Waals surface area contributed by atoms with E-state index in [1.54, 1.807) is 13.1 Å². The summed E-state index contributed by atoms with van der Waals surface area (Å²) in [6.07, 6.45) is 9.78. The van der Waals surface area contributed by atoms with Crippen molar-refractivity contribution in [3.05, 3.63) is 76.6 Å². The Morgan fingerprint density at radius 2 is 1.73 bits per heavy atom. The van der Waals surface area contributed by atoms with E-state index in [0.717, 1.165) is 49.7 Å². The fraction of sp³-hybridized carbons (Fsp3) is 0.370. The van der Waals surface area contributed by atoms with Gasteiger partial charge in [0.2, 0.25) is 5.91 Å². The number of carbonyl (C=O) groups excluding carboxylic acids is 3. The second-order valence-electron chi connectivity index (χ2n) is 8.42. The van der Waals surface area contributed by atoms with Gasteiger partial charge in [0.1, 0.15) is 5.82 Å². The SMILES string of the molecule is CNC(=O)CCCCCCC(=O)/C=C/c1ccc2c(c1)CCC2NC(=O)c1ccc(F)cc1. The molecule has 3 rings (SSSR count). The van der Waals surface area contributed by atoms with Crippen LogP contribution in [0.25, 0.3) is 6.08 Å². The molecule has 174 valence electrons. The first-order valence-corrected chi connectivity index (χ1v) is 11.6. The van der Waals surface area contributed by atoms with Crippen molar-refractivity contribution in [3.8, 4) is 0 Å². The number of aryl methyl sites for hydroxylation is 1. The van der Waals surface area contributed by atoms with Crippen LogP contribution in [0.3, 0.4) is 0 Å². The number of amides is 2. The molecule has 0 radical (unpaired) electrons. The Morgan fingerprint density at radius 3 is 2.45 bits per heavy atom. The Labute approximate surface area is 194 Å². The van der Waals surface area contributed by atoms with Crippen molar-refractivity contribution in [1.29, 1.82) is 0 Å². The molecule has 6 heteroatoms. The van der Waals surface area contributed by atoms with Gasteiger partial charge < -0.3 is 10.6 Å². The number of carbonyl (C=O) groups is 3. The van der Waals surface area contributed by atoms with E-state index in [2.05, 4.69) is 16.7 Å². The molecule has 0 spiro atoms. The summed E-state index contributed by atoms with van der Waals surface area (Å²) in [4.78, 5) is 35.8. The number of ketones is 1. The van der Waals surface area contributed by atoms with E-state index in [0.29, 0.717) is 18.4 Å². The van der Waals surface area contributed by atoms with Gasteiger partial charge in [-0.05, 0) is 72.7 Å². The van der Waals surface area contributed by atoms with Crippen LogP contribution in [0.1, 0.15) is 78.0 Å². The third-order valence-electron chi connectivity index (χ3n) is 5.97. The molecule has 0 bridgehead atoms. The zero-order chi connectivity index (χ0) is 23.6. The molecular formula is C27H31FN2O3. The Bertz CT molecular complexity index is 1010. The van der Waals surface area contributed by atoms with Gasteiger partial charge in [-0.3, -0.25) is 14.4 Å². The number of nitrogens with one attached hydrogen (secondary N) is 2. The number of unbranched alkanes of at least 4 members (excludes halogenated alkanes) is 3. The quantitative estimate of drug-likeness (QED) is 0.377. The molecule has 2 aromatic rings. The summed E-state index contributed by atoms with van der Waals surface area (Å²) >= 11 is 0. The number of benzene rings is 2. The molecule has 5 nitrogen and oxygen atoms in total. The van der Waals surface area contributed by atoms with E-state index in [1.807, 2.05) is 18.2 Å². The minimum Gasteiger partial charge on any atom is -0.359 e. The summed E-state index contributed by atoms with van der Waals surface area (Å²) in [6.45, 7) is 0. The van der Waals surface area contributed by atoms with Crippen LogP contribution in [0.2, 0.25) is 0 Å². The van der Waals surface area contributed by atoms with E-state index < -0.39 is 0 Å². The number of allylic oxidation sites excluding steroid dienone is 1. The highest BCUT2D eigenvalue weighted by atomic mass is 19.1. The molecule has 0 saturated carbocycles. The lowest BCUT2D eigenvalue weighted by molar-refractivity contribution is -0.120. The van der Waals surface area contributed by atoms with Gasteiger partial charge in [0.15, 0.2) is 5.78 Å². The number of fused-ring (bicyclic) bond motifs is 1. The molecule has 1 aliphatic carbocycles. The van der Waals surface area contributed by atoms with Crippen LogP contribution < -0.4 is 10.6 Å². The van der Waals surface area contributed by atoms with Crippen molar-refractivity contribution >= 4 is 23.7 Å². The van der Waals surface area contributed by atoms with Crippen molar-refractivity contribution in [2.24, 2.45) is 0 Å². The molecular weight excluding hydrogens is 419 g/mol. The van der Waals surface area contributed by atoms with Crippen molar-refractivity contribution in [2.75, 3.05) is 7.05 Å². The summed E-state index contributed by atoms with van der Waals surface area (Å²) in [5.41, 5.74) is 3.67. The molecule has 1 atom stereocenters. The monoisotopic (exact) mass is 450 g/mol. The Balaban J connectivity index is 1.45. The minimum absolute atomic E-state index is 0.0601. The standard InChI is InChI=1S/C27H31FN2O3/c1-29-26(32)7-5-3-2-4-6-23(31)15-8-19-9-16-24-21(18-19)12-17-25(24)30-27(33)20-10-13-22(28)14-11-20/h8-11,13-16,18,25H,2-7,12,17H2,1H3,(H,29,32)(H,30,33)/b15-8+. The molecule has 1 unspecified atom stereocenters. The summed E-state index contributed by atoms with van der Waals surface area (Å²) in [6, 6.07) is 11.5. The summed E-state index contributed by atoms with van der Waals surface area (Å²) in [5, 5.41) is 5.64. The number of rotatable bonds is 11. The zero-order valence-electron chi connectivity index (χ0n) is 19.0. The van der Waals surface area contributed by atoms with E-state index in [-0.39, 0.29) is 29.5 Å². The van der Waals surface area contributed by atoms with Crippen molar-refractivity contribution in [1.82, 2.24) is 10.6 Å². The third-order valence-corrected chi connectivity index (χ3v) is 5.97. The summed E-state index contributed by atoms with van der Waals surface area (Å²) in [5.74, 6) is -0.415. The fourth-order valence-electron chi connectivity index (χ4n) is 4.07. The number of halogens is 1. The molecule has 2 aromatic carbocycles. The molecule has 1 aliphatic rings. The molecule has 2 amide bonds. The normalized spacial score (nSPS) is 14.8. The van der Waals surface area contributed by atoms with E-state index in [9.17, 15) is 18.8 Å². The zero-order valence-corrected chi connectivity index (χ0v) is 19.0. The van der Waals surface area contributed by atoms with Crippen LogP contribution in [0.5, 0.6) is 0 Å². The highest BCUT2D eigenvalue weighted by molar-refractivity contribution is 5.94. The van der Waals surface area contributed by atoms with Gasteiger partial charge >= 0.3 is 0 Å². The second kappa shape index (κ2) is 12.1. The van der Waals surface area contributed by atoms with Crippen molar-refractivity contribution in [3.63, 3.8) is 0 Å². The number of hydrogen-bond acceptors (Lipinski definition) is 3. The lowest BCUT2D eigenvalue weighted by Crippen LogP contribution is -2.27. The molecule has 0 saturated heterocycles. The van der Waals surface area contributed by atoms with Gasteiger partial charge in [-0.1, -0.05) is 37.1 Å². The molecule has 0 fully saturated rings. The van der Waals surface area contributed by atoms with Crippen LogP contribution in [0, 0.1) is 5.82 Å². The van der Waals surface area contributed by atoms with Gasteiger partial charge in [0.05, 0.1) is 6.04 Å². The fourth-order valence-corrected chi connectivity index (χ4v) is 4.07. The van der Waals surface area contributed by atoms with E-state index in [1.165, 1.54) is 29.8 Å². The summed E-state index contributed by atoms with van der Waals surface area (Å²) < 4.78 is 13.1. The average molecular weight is 451 g/mol. The topological polar surface area (TPSA) is 75.3 Å². The predicted octanol–water partition coefficient (Wildman–Crippen LogP) is 4.91. The summed E-state index contributed by atoms with van der Waals surface area (Å²) in [7, 11) is 1.64. The Hall–Kier alpha value is -3.28. The van der Waals surface area contributed by atoms with Gasteiger partial charge in [0, 0.05) is 25.5 Å². The first kappa shape index (κ1) is 24.4. The van der Waals surface area contributed by atoms with Crippen LogP contribution in [0.15, 0.2) is 48.5 Å². The van der Waals surface area contributed by atoms with Crippen LogP contribution >= 0.6 is 0 Å². The molecule has 33 heavy (non-hydrogen) atoms. The van der Waals surface area contributed by atoms with Gasteiger partial charge in [-0.25, -0.2) is 4.39 Å². The maximum Gasteiger partial charge on any atom is 0.251 e. The van der Waals surface area contributed by atoms with Gasteiger partial charge in [-0.15, -0.1) is 0 Å². The Kier molecular flexibility index (Phi) is 8.93. The van der Waals surface area contributed by atoms with Gasteiger partial charge in [0.25, 0.3) is 5.91 Å². The first-order valence-electron chi connectivity index (χ1n) is 11.6. The van der Waals surface area contributed by atoms with Crippen molar-refractivity contribution < 1.29 is 18.8 Å². The van der Waals surface area contributed by atoms with E-state index in [4.69, 9.17) is 0 Å². The third kappa shape index (κ3) is 7.38. The highest BCUT2D eigenvalue weighted by Gasteiger charge is 2.24. The van der Waals surface area contributed by atoms with E-state index >= 15 is 0 Å².